The lowest BCUT2D eigenvalue weighted by atomic mass is 9.85. The van der Waals surface area contributed by atoms with Crippen LogP contribution in [0.25, 0.3) is 0 Å². The van der Waals surface area contributed by atoms with Gasteiger partial charge in [0.2, 0.25) is 5.75 Å². The van der Waals surface area contributed by atoms with E-state index in [4.69, 9.17) is 53.8 Å². The van der Waals surface area contributed by atoms with E-state index >= 15 is 0 Å². The summed E-state index contributed by atoms with van der Waals surface area (Å²) in [6.07, 6.45) is 0.356. The fourth-order valence-electron chi connectivity index (χ4n) is 4.93. The highest BCUT2D eigenvalue weighted by Gasteiger charge is 2.41. The van der Waals surface area contributed by atoms with Crippen LogP contribution in [0, 0.1) is 0 Å². The van der Waals surface area contributed by atoms with Gasteiger partial charge in [-0.25, -0.2) is 0 Å². The van der Waals surface area contributed by atoms with E-state index in [0.717, 1.165) is 0 Å². The SMILES string of the molecule is COc1cc(C(=O)N2CCO[C@](CCc3cc(Cl)ccc3S(=O)(=O)O)(c3ccc(Cl)c(Cl)c3)C2)cc(OC)c1OC. The van der Waals surface area contributed by atoms with Gasteiger partial charge in [0.05, 0.1) is 49.4 Å². The van der Waals surface area contributed by atoms with Gasteiger partial charge in [-0.3, -0.25) is 9.35 Å². The number of hydrogen-bond donors (Lipinski definition) is 1. The maximum absolute atomic E-state index is 13.8. The molecule has 220 valence electrons. The molecule has 9 nitrogen and oxygen atoms in total. The van der Waals surface area contributed by atoms with Crippen molar-refractivity contribution >= 4 is 50.8 Å². The minimum atomic E-state index is -4.52. The Morgan fingerprint density at radius 1 is 0.976 bits per heavy atom. The highest BCUT2D eigenvalue weighted by Crippen LogP contribution is 2.41. The van der Waals surface area contributed by atoms with Crippen molar-refractivity contribution in [3.63, 3.8) is 0 Å². The third kappa shape index (κ3) is 6.69. The first-order valence-corrected chi connectivity index (χ1v) is 14.9. The fourth-order valence-corrected chi connectivity index (χ4v) is 6.15. The molecule has 3 aromatic rings. The summed E-state index contributed by atoms with van der Waals surface area (Å²) in [5, 5.41) is 0.941. The van der Waals surface area contributed by atoms with Gasteiger partial charge in [-0.15, -0.1) is 0 Å². The Morgan fingerprint density at radius 2 is 1.66 bits per heavy atom. The van der Waals surface area contributed by atoms with Crippen LogP contribution in [-0.4, -0.2) is 64.8 Å². The summed E-state index contributed by atoms with van der Waals surface area (Å²) in [6, 6.07) is 12.3. The molecule has 0 unspecified atom stereocenters. The molecule has 1 saturated heterocycles. The number of methoxy groups -OCH3 is 3. The second-order valence-corrected chi connectivity index (χ2v) is 12.0. The van der Waals surface area contributed by atoms with Crippen molar-refractivity contribution < 1.29 is 36.7 Å². The van der Waals surface area contributed by atoms with E-state index in [0.29, 0.717) is 49.0 Å². The van der Waals surface area contributed by atoms with Gasteiger partial charge in [-0.2, -0.15) is 8.42 Å². The molecule has 13 heteroatoms. The maximum atomic E-state index is 13.8. The number of ether oxygens (including phenoxy) is 4. The summed E-state index contributed by atoms with van der Waals surface area (Å²) in [6.45, 7) is 0.561. The number of aryl methyl sites for hydroxylation is 1. The van der Waals surface area contributed by atoms with Crippen LogP contribution >= 0.6 is 34.8 Å². The zero-order valence-electron chi connectivity index (χ0n) is 22.4. The van der Waals surface area contributed by atoms with E-state index in [-0.39, 0.29) is 43.3 Å². The monoisotopic (exact) mass is 643 g/mol. The third-order valence-electron chi connectivity index (χ3n) is 6.93. The molecule has 1 aliphatic heterocycles. The number of morpholine rings is 1. The topological polar surface area (TPSA) is 112 Å². The number of hydrogen-bond acceptors (Lipinski definition) is 7. The van der Waals surface area contributed by atoms with Crippen LogP contribution in [0.15, 0.2) is 53.4 Å². The summed E-state index contributed by atoms with van der Waals surface area (Å²) in [5.74, 6) is 0.712. The first kappa shape index (κ1) is 31.2. The van der Waals surface area contributed by atoms with Gasteiger partial charge in [0.25, 0.3) is 16.0 Å². The van der Waals surface area contributed by atoms with Crippen molar-refractivity contribution in [1.82, 2.24) is 4.90 Å². The normalized spacial score (nSPS) is 17.3. The van der Waals surface area contributed by atoms with E-state index in [1.165, 1.54) is 39.5 Å². The smallest absolute Gasteiger partial charge is 0.294 e. The molecular formula is C28H28Cl3NO8S. The Morgan fingerprint density at radius 3 is 2.24 bits per heavy atom. The number of carbonyl (C=O) groups is 1. The van der Waals surface area contributed by atoms with Crippen LogP contribution in [0.3, 0.4) is 0 Å². The van der Waals surface area contributed by atoms with E-state index in [1.54, 1.807) is 35.2 Å². The zero-order valence-corrected chi connectivity index (χ0v) is 25.5. The number of halogens is 3. The van der Waals surface area contributed by atoms with Crippen molar-refractivity contribution in [3.8, 4) is 17.2 Å². The second-order valence-electron chi connectivity index (χ2n) is 9.34. The Bertz CT molecular complexity index is 1540. The lowest BCUT2D eigenvalue weighted by molar-refractivity contribution is -0.110. The molecule has 1 N–H and O–H groups in total. The lowest BCUT2D eigenvalue weighted by Gasteiger charge is -2.43. The maximum Gasteiger partial charge on any atom is 0.294 e. The predicted molar refractivity (Wildman–Crippen MR) is 156 cm³/mol. The predicted octanol–water partition coefficient (Wildman–Crippen LogP) is 5.92. The van der Waals surface area contributed by atoms with Gasteiger partial charge in [-0.1, -0.05) is 40.9 Å². The van der Waals surface area contributed by atoms with E-state index in [1.807, 2.05) is 0 Å². The molecular weight excluding hydrogens is 617 g/mol. The molecule has 1 atom stereocenters. The number of amides is 1. The number of rotatable bonds is 9. The summed E-state index contributed by atoms with van der Waals surface area (Å²) >= 11 is 18.7. The van der Waals surface area contributed by atoms with Crippen molar-refractivity contribution in [2.75, 3.05) is 41.0 Å². The third-order valence-corrected chi connectivity index (χ3v) is 8.86. The summed E-state index contributed by atoms with van der Waals surface area (Å²) in [7, 11) is -0.112. The molecule has 0 saturated carbocycles. The summed E-state index contributed by atoms with van der Waals surface area (Å²) in [5.41, 5.74) is 0.149. The molecule has 0 radical (unpaired) electrons. The highest BCUT2D eigenvalue weighted by molar-refractivity contribution is 7.85. The molecule has 0 aromatic heterocycles. The first-order chi connectivity index (χ1) is 19.4. The van der Waals surface area contributed by atoms with Gasteiger partial charge >= 0.3 is 0 Å². The molecule has 1 fully saturated rings. The quantitative estimate of drug-likeness (QED) is 0.286. The highest BCUT2D eigenvalue weighted by atomic mass is 35.5. The Kier molecular flexibility index (Phi) is 9.63. The molecule has 1 amide bonds. The molecule has 4 rings (SSSR count). The second kappa shape index (κ2) is 12.6. The molecule has 1 heterocycles. The Hall–Kier alpha value is -2.73. The zero-order chi connectivity index (χ0) is 29.9. The van der Waals surface area contributed by atoms with Gasteiger partial charge in [0.15, 0.2) is 11.5 Å². The molecule has 1 aliphatic rings. The Balaban J connectivity index is 1.74. The minimum Gasteiger partial charge on any atom is -0.493 e. The number of nitrogens with zero attached hydrogens (tertiary/aromatic N) is 1. The van der Waals surface area contributed by atoms with Gasteiger partial charge in [-0.05, 0) is 66.4 Å². The molecule has 3 aromatic carbocycles. The first-order valence-electron chi connectivity index (χ1n) is 12.4. The minimum absolute atomic E-state index is 0.0994. The average molecular weight is 645 g/mol. The van der Waals surface area contributed by atoms with Crippen LogP contribution in [0.4, 0.5) is 0 Å². The molecule has 41 heavy (non-hydrogen) atoms. The van der Waals surface area contributed by atoms with E-state index in [2.05, 4.69) is 0 Å². The standard InChI is InChI=1S/C28H28Cl3NO8S/c1-37-23-13-18(14-24(38-2)26(23)39-3)27(33)32-10-11-40-28(16-32,19-4-6-21(30)22(31)15-19)9-8-17-12-20(29)5-7-25(17)41(34,35)36/h4-7,12-15H,8-11,16H2,1-3H3,(H,34,35,36)/t28-/m0/s1. The average Bonchev–Trinajstić information content (AvgIpc) is 2.95. The van der Waals surface area contributed by atoms with Crippen molar-refractivity contribution in [3.05, 3.63) is 80.3 Å². The Labute approximate surface area is 253 Å². The molecule has 0 aliphatic carbocycles. The molecule has 0 bridgehead atoms. The van der Waals surface area contributed by atoms with Gasteiger partial charge in [0.1, 0.15) is 5.60 Å². The number of carbonyl (C=O) groups excluding carboxylic acids is 1. The van der Waals surface area contributed by atoms with Gasteiger partial charge < -0.3 is 23.8 Å². The van der Waals surface area contributed by atoms with Crippen molar-refractivity contribution in [2.45, 2.75) is 23.3 Å². The van der Waals surface area contributed by atoms with Crippen LogP contribution in [0.1, 0.15) is 27.9 Å². The van der Waals surface area contributed by atoms with E-state index < -0.39 is 15.7 Å². The van der Waals surface area contributed by atoms with Crippen LogP contribution in [-0.2, 0) is 26.9 Å². The summed E-state index contributed by atoms with van der Waals surface area (Å²) < 4.78 is 56.5. The largest absolute Gasteiger partial charge is 0.493 e. The van der Waals surface area contributed by atoms with Crippen LogP contribution < -0.4 is 14.2 Å². The van der Waals surface area contributed by atoms with Crippen LogP contribution in [0.5, 0.6) is 17.2 Å². The van der Waals surface area contributed by atoms with Crippen molar-refractivity contribution in [1.29, 1.82) is 0 Å². The summed E-state index contributed by atoms with van der Waals surface area (Å²) in [4.78, 5) is 15.2. The van der Waals surface area contributed by atoms with Crippen LogP contribution in [0.2, 0.25) is 15.1 Å². The van der Waals surface area contributed by atoms with Crippen molar-refractivity contribution in [2.24, 2.45) is 0 Å². The molecule has 0 spiro atoms. The van der Waals surface area contributed by atoms with E-state index in [9.17, 15) is 17.8 Å². The number of benzene rings is 3. The fraction of sp³-hybridized carbons (Fsp3) is 0.321. The van der Waals surface area contributed by atoms with Gasteiger partial charge in [0, 0.05) is 17.1 Å². The lowest BCUT2D eigenvalue weighted by Crippen LogP contribution is -2.52.